The van der Waals surface area contributed by atoms with Crippen LogP contribution in [0.1, 0.15) is 42.4 Å². The maximum atomic E-state index is 11.8. The number of nitrogens with zero attached hydrogens (tertiary/aromatic N) is 1. The number of alkyl carbamates (subject to hydrolysis) is 1. The Morgan fingerprint density at radius 1 is 1.23 bits per heavy atom. The van der Waals surface area contributed by atoms with Crippen LogP contribution >= 0.6 is 11.6 Å². The summed E-state index contributed by atoms with van der Waals surface area (Å²) in [5.74, 6) is -1.09. The number of carbonyl (C=O) groups excluding carboxylic acids is 1. The van der Waals surface area contributed by atoms with E-state index in [4.69, 9.17) is 16.3 Å². The molecular weight excluding hydrogens is 356 g/mol. The van der Waals surface area contributed by atoms with Gasteiger partial charge in [-0.3, -0.25) is 4.98 Å². The van der Waals surface area contributed by atoms with E-state index < -0.39 is 17.7 Å². The van der Waals surface area contributed by atoms with Crippen molar-refractivity contribution in [2.75, 3.05) is 0 Å². The molecule has 0 saturated heterocycles. The third kappa shape index (κ3) is 5.20. The molecule has 138 valence electrons. The van der Waals surface area contributed by atoms with E-state index in [2.05, 4.69) is 10.3 Å². The van der Waals surface area contributed by atoms with Crippen molar-refractivity contribution in [1.29, 1.82) is 0 Å². The summed E-state index contributed by atoms with van der Waals surface area (Å²) in [5, 5.41) is 12.7. The minimum Gasteiger partial charge on any atom is -0.478 e. The summed E-state index contributed by atoms with van der Waals surface area (Å²) < 4.78 is 5.17. The third-order valence-corrected chi connectivity index (χ3v) is 3.76. The van der Waals surface area contributed by atoms with Gasteiger partial charge in [-0.25, -0.2) is 9.59 Å². The molecule has 0 aliphatic heterocycles. The van der Waals surface area contributed by atoms with Crippen molar-refractivity contribution in [3.63, 3.8) is 0 Å². The first kappa shape index (κ1) is 19.7. The van der Waals surface area contributed by atoms with Crippen LogP contribution in [0.15, 0.2) is 30.3 Å². The van der Waals surface area contributed by atoms with Gasteiger partial charge < -0.3 is 15.2 Å². The lowest BCUT2D eigenvalue weighted by molar-refractivity contribution is 0.0520. The van der Waals surface area contributed by atoms with Gasteiger partial charge in [-0.2, -0.15) is 0 Å². The van der Waals surface area contributed by atoms with Crippen molar-refractivity contribution in [2.24, 2.45) is 0 Å². The van der Waals surface area contributed by atoms with E-state index in [0.717, 1.165) is 5.56 Å². The molecule has 0 bridgehead atoms. The Labute approximate surface area is 157 Å². The van der Waals surface area contributed by atoms with E-state index in [9.17, 15) is 14.7 Å². The Kier molecular flexibility index (Phi) is 5.87. The second kappa shape index (κ2) is 7.74. The highest BCUT2D eigenvalue weighted by atomic mass is 35.5. The van der Waals surface area contributed by atoms with Crippen LogP contribution in [-0.4, -0.2) is 27.8 Å². The Bertz CT molecular complexity index is 827. The molecular formula is C19H21ClN2O4. The number of pyridine rings is 1. The number of carbonyl (C=O) groups is 2. The van der Waals surface area contributed by atoms with Crippen molar-refractivity contribution in [3.05, 3.63) is 52.2 Å². The van der Waals surface area contributed by atoms with E-state index in [1.165, 1.54) is 6.07 Å². The number of carboxylic acids is 1. The van der Waals surface area contributed by atoms with Gasteiger partial charge in [0, 0.05) is 28.4 Å². The van der Waals surface area contributed by atoms with Crippen LogP contribution in [0.5, 0.6) is 0 Å². The highest BCUT2D eigenvalue weighted by molar-refractivity contribution is 6.30. The number of amides is 1. The van der Waals surface area contributed by atoms with Crippen LogP contribution in [0.3, 0.4) is 0 Å². The Hall–Kier alpha value is -2.60. The van der Waals surface area contributed by atoms with Crippen LogP contribution in [0, 0.1) is 6.92 Å². The van der Waals surface area contributed by atoms with Gasteiger partial charge in [-0.05, 0) is 45.9 Å². The van der Waals surface area contributed by atoms with Crippen LogP contribution in [0.2, 0.25) is 5.02 Å². The van der Waals surface area contributed by atoms with Crippen molar-refractivity contribution in [3.8, 4) is 11.3 Å². The van der Waals surface area contributed by atoms with Gasteiger partial charge in [0.2, 0.25) is 0 Å². The van der Waals surface area contributed by atoms with Gasteiger partial charge in [-0.1, -0.05) is 23.7 Å². The molecule has 26 heavy (non-hydrogen) atoms. The highest BCUT2D eigenvalue weighted by Crippen LogP contribution is 2.24. The number of nitrogens with one attached hydrogen (secondary N) is 1. The summed E-state index contributed by atoms with van der Waals surface area (Å²) >= 11 is 5.89. The molecule has 2 N–H and O–H groups in total. The summed E-state index contributed by atoms with van der Waals surface area (Å²) in [4.78, 5) is 28.0. The Morgan fingerprint density at radius 2 is 1.85 bits per heavy atom. The number of halogens is 1. The summed E-state index contributed by atoms with van der Waals surface area (Å²) in [6.45, 7) is 6.98. The van der Waals surface area contributed by atoms with Crippen molar-refractivity contribution >= 4 is 23.7 Å². The van der Waals surface area contributed by atoms with Gasteiger partial charge in [0.25, 0.3) is 0 Å². The first-order valence-electron chi connectivity index (χ1n) is 8.03. The molecule has 0 spiro atoms. The summed E-state index contributed by atoms with van der Waals surface area (Å²) in [5.41, 5.74) is 1.68. The minimum absolute atomic E-state index is 0.0102. The predicted octanol–water partition coefficient (Wildman–Crippen LogP) is 4.43. The molecule has 2 rings (SSSR count). The van der Waals surface area contributed by atoms with Crippen molar-refractivity contribution < 1.29 is 19.4 Å². The highest BCUT2D eigenvalue weighted by Gasteiger charge is 2.19. The zero-order valence-corrected chi connectivity index (χ0v) is 15.8. The number of aromatic carboxylic acids is 1. The normalized spacial score (nSPS) is 11.1. The summed E-state index contributed by atoms with van der Waals surface area (Å²) in [7, 11) is 0. The van der Waals surface area contributed by atoms with E-state index >= 15 is 0 Å². The van der Waals surface area contributed by atoms with E-state index in [0.29, 0.717) is 22.0 Å². The molecule has 0 radical (unpaired) electrons. The molecule has 0 atom stereocenters. The molecule has 2 aromatic rings. The van der Waals surface area contributed by atoms with Gasteiger partial charge in [-0.15, -0.1) is 0 Å². The molecule has 0 aliphatic carbocycles. The Morgan fingerprint density at radius 3 is 2.38 bits per heavy atom. The molecule has 6 nitrogen and oxygen atoms in total. The van der Waals surface area contributed by atoms with E-state index in [1.807, 2.05) is 0 Å². The smallest absolute Gasteiger partial charge is 0.407 e. The summed E-state index contributed by atoms with van der Waals surface area (Å²) in [6.07, 6.45) is -0.616. The van der Waals surface area contributed by atoms with Crippen LogP contribution in [-0.2, 0) is 11.3 Å². The number of hydrogen-bond donors (Lipinski definition) is 2. The second-order valence-electron chi connectivity index (χ2n) is 6.79. The second-order valence-corrected chi connectivity index (χ2v) is 7.22. The maximum Gasteiger partial charge on any atom is 0.407 e. The Balaban J connectivity index is 2.31. The van der Waals surface area contributed by atoms with Crippen LogP contribution < -0.4 is 5.32 Å². The van der Waals surface area contributed by atoms with Gasteiger partial charge >= 0.3 is 12.1 Å². The monoisotopic (exact) mass is 376 g/mol. The zero-order valence-electron chi connectivity index (χ0n) is 15.1. The lowest BCUT2D eigenvalue weighted by atomic mass is 10.0. The van der Waals surface area contributed by atoms with Gasteiger partial charge in [0.1, 0.15) is 5.60 Å². The fraction of sp³-hybridized carbons (Fsp3) is 0.316. The van der Waals surface area contributed by atoms with Gasteiger partial charge in [0.05, 0.1) is 11.3 Å². The number of aromatic nitrogens is 1. The first-order valence-corrected chi connectivity index (χ1v) is 8.41. The number of carboxylic acid groups (broad SMARTS) is 1. The van der Waals surface area contributed by atoms with Crippen LogP contribution in [0.25, 0.3) is 11.3 Å². The average molecular weight is 377 g/mol. The quantitative estimate of drug-likeness (QED) is 0.823. The molecule has 0 aliphatic rings. The fourth-order valence-electron chi connectivity index (χ4n) is 2.36. The number of ether oxygens (including phenoxy) is 1. The average Bonchev–Trinajstić information content (AvgIpc) is 2.52. The number of hydrogen-bond acceptors (Lipinski definition) is 4. The van der Waals surface area contributed by atoms with Gasteiger partial charge in [0.15, 0.2) is 0 Å². The SMILES string of the molecule is Cc1nc(-c2ccc(Cl)cc2)cc(C(=O)O)c1CNC(=O)OC(C)(C)C. The third-order valence-electron chi connectivity index (χ3n) is 3.51. The number of rotatable bonds is 4. The molecule has 1 heterocycles. The minimum atomic E-state index is -1.09. The number of benzene rings is 1. The molecule has 0 unspecified atom stereocenters. The largest absolute Gasteiger partial charge is 0.478 e. The molecule has 0 fully saturated rings. The molecule has 1 aromatic heterocycles. The maximum absolute atomic E-state index is 11.8. The lowest BCUT2D eigenvalue weighted by Gasteiger charge is -2.20. The zero-order chi connectivity index (χ0) is 19.5. The topological polar surface area (TPSA) is 88.5 Å². The fourth-order valence-corrected chi connectivity index (χ4v) is 2.48. The first-order chi connectivity index (χ1) is 12.1. The number of aryl methyl sites for hydroxylation is 1. The van der Waals surface area contributed by atoms with E-state index in [1.54, 1.807) is 52.0 Å². The van der Waals surface area contributed by atoms with Crippen molar-refractivity contribution in [2.45, 2.75) is 39.8 Å². The van der Waals surface area contributed by atoms with Crippen molar-refractivity contribution in [1.82, 2.24) is 10.3 Å². The summed E-state index contributed by atoms with van der Waals surface area (Å²) in [6, 6.07) is 8.46. The molecule has 1 aromatic carbocycles. The molecule has 1 amide bonds. The lowest BCUT2D eigenvalue weighted by Crippen LogP contribution is -2.32. The van der Waals surface area contributed by atoms with Crippen LogP contribution in [0.4, 0.5) is 4.79 Å². The van der Waals surface area contributed by atoms with E-state index in [-0.39, 0.29) is 12.1 Å². The molecule has 7 heteroatoms. The standard InChI is InChI=1S/C19H21ClN2O4/c1-11-15(10-21-18(25)26-19(2,3)4)14(17(23)24)9-16(22-11)12-5-7-13(20)8-6-12/h5-9H,10H2,1-4H3,(H,21,25)(H,23,24). The predicted molar refractivity (Wildman–Crippen MR) is 99.5 cm³/mol. The molecule has 0 saturated carbocycles.